The number of thiophene rings is 1. The molecule has 8 heteroatoms. The van der Waals surface area contributed by atoms with E-state index < -0.39 is 23.5 Å². The van der Waals surface area contributed by atoms with Crippen LogP contribution in [0.15, 0.2) is 81.8 Å². The largest absolute Gasteiger partial charge is 0.503 e. The second kappa shape index (κ2) is 8.39. The number of ether oxygens (including phenoxy) is 1. The number of para-hydroxylation sites is 1. The molecule has 1 aliphatic heterocycles. The monoisotopic (exact) mass is 474 g/mol. The molecule has 3 heterocycles. The average Bonchev–Trinajstić information content (AvgIpc) is 3.57. The lowest BCUT2D eigenvalue weighted by Crippen LogP contribution is -2.30. The Kier molecular flexibility index (Phi) is 5.37. The van der Waals surface area contributed by atoms with Crippen LogP contribution in [0.5, 0.6) is 5.75 Å². The fraction of sp³-hybridized carbons (Fsp3) is 0.154. The molecule has 34 heavy (non-hydrogen) atoms. The average molecular weight is 475 g/mol. The van der Waals surface area contributed by atoms with E-state index in [1.54, 1.807) is 30.3 Å². The fourth-order valence-corrected chi connectivity index (χ4v) is 5.00. The number of anilines is 2. The van der Waals surface area contributed by atoms with Gasteiger partial charge < -0.3 is 19.2 Å². The predicted octanol–water partition coefficient (Wildman–Crippen LogP) is 5.35. The molecule has 0 bridgehead atoms. The smallest absolute Gasteiger partial charge is 0.294 e. The Balaban J connectivity index is 1.61. The molecule has 2 aromatic carbocycles. The summed E-state index contributed by atoms with van der Waals surface area (Å²) in [6.07, 6.45) is 0. The molecule has 2 aromatic heterocycles. The first-order valence-corrected chi connectivity index (χ1v) is 11.5. The molecule has 0 radical (unpaired) electrons. The van der Waals surface area contributed by atoms with E-state index in [4.69, 9.17) is 9.15 Å². The van der Waals surface area contributed by atoms with Crippen LogP contribution in [0.4, 0.5) is 11.4 Å². The standard InChI is InChI=1S/C26H22N2O5S/c1-27(2)16-9-11-17(12-10-16)28-22(20-8-5-13-34-20)21(24(30)26(28)31)23(29)19-14-15-6-4-7-18(32-3)25(15)33-19/h4-14,22,30H,1-3H3. The number of nitrogens with zero attached hydrogens (tertiary/aromatic N) is 2. The number of aliphatic hydroxyl groups is 1. The van der Waals surface area contributed by atoms with Crippen LogP contribution in [0.2, 0.25) is 0 Å². The highest BCUT2D eigenvalue weighted by atomic mass is 32.1. The molecule has 1 unspecified atom stereocenters. The van der Waals surface area contributed by atoms with E-state index in [1.807, 2.05) is 54.7 Å². The number of rotatable bonds is 6. The van der Waals surface area contributed by atoms with Crippen LogP contribution in [0.1, 0.15) is 21.5 Å². The summed E-state index contributed by atoms with van der Waals surface area (Å²) >= 11 is 1.41. The third-order valence-electron chi connectivity index (χ3n) is 5.86. The highest BCUT2D eigenvalue weighted by Crippen LogP contribution is 2.44. The number of Topliss-reactive ketones (excluding diaryl/α,β-unsaturated/α-hetero) is 1. The SMILES string of the molecule is COc1cccc2cc(C(=O)C3=C(O)C(=O)N(c4ccc(N(C)C)cc4)C3c3cccs3)oc12. The summed E-state index contributed by atoms with van der Waals surface area (Å²) in [6, 6.07) is 17.2. The molecule has 5 rings (SSSR count). The topological polar surface area (TPSA) is 83.2 Å². The van der Waals surface area contributed by atoms with Crippen LogP contribution < -0.4 is 14.5 Å². The number of hydrogen-bond acceptors (Lipinski definition) is 7. The molecule has 1 N–H and O–H groups in total. The number of amides is 1. The summed E-state index contributed by atoms with van der Waals surface area (Å²) in [4.78, 5) is 31.1. The molecule has 4 aromatic rings. The van der Waals surface area contributed by atoms with Gasteiger partial charge in [0.1, 0.15) is 6.04 Å². The summed E-state index contributed by atoms with van der Waals surface area (Å²) in [5, 5.41) is 13.5. The number of carbonyl (C=O) groups excluding carboxylic acids is 2. The quantitative estimate of drug-likeness (QED) is 0.379. The minimum atomic E-state index is -0.777. The maximum absolute atomic E-state index is 13.7. The summed E-state index contributed by atoms with van der Waals surface area (Å²) in [5.41, 5.74) is 1.96. The van der Waals surface area contributed by atoms with Gasteiger partial charge >= 0.3 is 0 Å². The van der Waals surface area contributed by atoms with Gasteiger partial charge in [0.2, 0.25) is 5.78 Å². The van der Waals surface area contributed by atoms with Gasteiger partial charge in [-0.1, -0.05) is 18.2 Å². The van der Waals surface area contributed by atoms with Crippen molar-refractivity contribution >= 4 is 45.4 Å². The van der Waals surface area contributed by atoms with E-state index >= 15 is 0 Å². The summed E-state index contributed by atoms with van der Waals surface area (Å²) in [6.45, 7) is 0. The van der Waals surface area contributed by atoms with E-state index in [9.17, 15) is 14.7 Å². The van der Waals surface area contributed by atoms with E-state index in [1.165, 1.54) is 23.3 Å². The normalized spacial score (nSPS) is 15.9. The van der Waals surface area contributed by atoms with Crippen molar-refractivity contribution in [3.63, 3.8) is 0 Å². The van der Waals surface area contributed by atoms with Crippen LogP contribution >= 0.6 is 11.3 Å². The van der Waals surface area contributed by atoms with Crippen molar-refractivity contribution in [2.24, 2.45) is 0 Å². The molecule has 1 aliphatic rings. The summed E-state index contributed by atoms with van der Waals surface area (Å²) in [7, 11) is 5.38. The number of hydrogen-bond donors (Lipinski definition) is 1. The maximum Gasteiger partial charge on any atom is 0.294 e. The van der Waals surface area contributed by atoms with Crippen LogP contribution in [-0.2, 0) is 4.79 Å². The Hall–Kier alpha value is -4.04. The highest BCUT2D eigenvalue weighted by Gasteiger charge is 2.45. The van der Waals surface area contributed by atoms with Crippen molar-refractivity contribution in [1.82, 2.24) is 0 Å². The van der Waals surface area contributed by atoms with E-state index in [2.05, 4.69) is 0 Å². The van der Waals surface area contributed by atoms with Gasteiger partial charge in [-0.15, -0.1) is 11.3 Å². The van der Waals surface area contributed by atoms with Crippen LogP contribution in [0, 0.1) is 0 Å². The molecule has 1 atom stereocenters. The van der Waals surface area contributed by atoms with Gasteiger partial charge in [0.25, 0.3) is 5.91 Å². The lowest BCUT2D eigenvalue weighted by molar-refractivity contribution is -0.117. The van der Waals surface area contributed by atoms with Crippen molar-refractivity contribution < 1.29 is 23.8 Å². The first-order valence-electron chi connectivity index (χ1n) is 10.6. The molecular formula is C26H22N2O5S. The third-order valence-corrected chi connectivity index (χ3v) is 6.79. The molecule has 0 saturated carbocycles. The van der Waals surface area contributed by atoms with Crippen molar-refractivity contribution in [1.29, 1.82) is 0 Å². The van der Waals surface area contributed by atoms with Gasteiger partial charge in [0.05, 0.1) is 12.7 Å². The van der Waals surface area contributed by atoms with Crippen LogP contribution in [0.25, 0.3) is 11.0 Å². The minimum Gasteiger partial charge on any atom is -0.503 e. The number of aliphatic hydroxyl groups excluding tert-OH is 1. The Morgan fingerprint density at radius 1 is 1.12 bits per heavy atom. The number of ketones is 1. The number of furan rings is 1. The Morgan fingerprint density at radius 2 is 1.88 bits per heavy atom. The van der Waals surface area contributed by atoms with Crippen molar-refractivity contribution in [3.8, 4) is 5.75 Å². The molecule has 172 valence electrons. The van der Waals surface area contributed by atoms with Crippen LogP contribution in [-0.4, -0.2) is 38.0 Å². The number of benzene rings is 2. The van der Waals surface area contributed by atoms with Crippen LogP contribution in [0.3, 0.4) is 0 Å². The van der Waals surface area contributed by atoms with Crippen molar-refractivity contribution in [2.75, 3.05) is 31.0 Å². The lowest BCUT2D eigenvalue weighted by atomic mass is 10.00. The summed E-state index contributed by atoms with van der Waals surface area (Å²) in [5.74, 6) is -1.23. The molecular weight excluding hydrogens is 452 g/mol. The molecule has 1 amide bonds. The van der Waals surface area contributed by atoms with Gasteiger partial charge in [-0.05, 0) is 47.8 Å². The van der Waals surface area contributed by atoms with E-state index in [0.29, 0.717) is 22.4 Å². The van der Waals surface area contributed by atoms with E-state index in [-0.39, 0.29) is 11.3 Å². The van der Waals surface area contributed by atoms with Crippen molar-refractivity contribution in [3.05, 3.63) is 88.0 Å². The highest BCUT2D eigenvalue weighted by molar-refractivity contribution is 7.10. The third kappa shape index (κ3) is 3.43. The van der Waals surface area contributed by atoms with Crippen molar-refractivity contribution in [2.45, 2.75) is 6.04 Å². The number of methoxy groups -OCH3 is 1. The maximum atomic E-state index is 13.7. The Bertz CT molecular complexity index is 1420. The van der Waals surface area contributed by atoms with Gasteiger partial charge in [0.15, 0.2) is 22.9 Å². The van der Waals surface area contributed by atoms with Gasteiger partial charge in [-0.3, -0.25) is 14.5 Å². The zero-order valence-electron chi connectivity index (χ0n) is 18.8. The Morgan fingerprint density at radius 3 is 2.53 bits per heavy atom. The predicted molar refractivity (Wildman–Crippen MR) is 132 cm³/mol. The number of fused-ring (bicyclic) bond motifs is 1. The zero-order valence-corrected chi connectivity index (χ0v) is 19.6. The molecule has 0 fully saturated rings. The first kappa shape index (κ1) is 21.8. The summed E-state index contributed by atoms with van der Waals surface area (Å²) < 4.78 is 11.2. The zero-order chi connectivity index (χ0) is 24.0. The Labute approximate surface area is 200 Å². The second-order valence-corrected chi connectivity index (χ2v) is 9.06. The minimum absolute atomic E-state index is 0.0119. The van der Waals surface area contributed by atoms with Gasteiger partial charge in [-0.2, -0.15) is 0 Å². The molecule has 0 spiro atoms. The van der Waals surface area contributed by atoms with Gasteiger partial charge in [0, 0.05) is 35.7 Å². The van der Waals surface area contributed by atoms with E-state index in [0.717, 1.165) is 10.6 Å². The second-order valence-electron chi connectivity index (χ2n) is 8.08. The molecule has 7 nitrogen and oxygen atoms in total. The molecule has 0 aliphatic carbocycles. The molecule has 0 saturated heterocycles. The fourth-order valence-electron chi connectivity index (χ4n) is 4.17. The van der Waals surface area contributed by atoms with Gasteiger partial charge in [-0.25, -0.2) is 0 Å². The number of carbonyl (C=O) groups is 2. The first-order chi connectivity index (χ1) is 16.4. The lowest BCUT2D eigenvalue weighted by Gasteiger charge is -2.26.